The number of hydrogen-bond acceptors (Lipinski definition) is 7. The van der Waals surface area contributed by atoms with E-state index in [0.29, 0.717) is 29.7 Å². The molecule has 2 heterocycles. The van der Waals surface area contributed by atoms with Gasteiger partial charge in [-0.3, -0.25) is 9.78 Å². The van der Waals surface area contributed by atoms with Gasteiger partial charge in [0.25, 0.3) is 0 Å². The highest BCUT2D eigenvalue weighted by atomic mass is 16.4. The molecule has 8 heteroatoms. The molecule has 0 aliphatic heterocycles. The van der Waals surface area contributed by atoms with E-state index in [0.717, 1.165) is 24.9 Å². The van der Waals surface area contributed by atoms with E-state index in [9.17, 15) is 4.79 Å². The average Bonchev–Trinajstić information content (AvgIpc) is 2.78. The zero-order valence-electron chi connectivity index (χ0n) is 17.6. The summed E-state index contributed by atoms with van der Waals surface area (Å²) in [6.45, 7) is 1.84. The first kappa shape index (κ1) is 22.2. The molecule has 0 radical (unpaired) electrons. The molecular formula is C23H28N6O2. The summed E-state index contributed by atoms with van der Waals surface area (Å²) in [7, 11) is 1.94. The molecule has 0 aliphatic rings. The van der Waals surface area contributed by atoms with Crippen LogP contribution >= 0.6 is 0 Å². The summed E-state index contributed by atoms with van der Waals surface area (Å²) in [6, 6.07) is 15.8. The molecule has 0 saturated heterocycles. The maximum absolute atomic E-state index is 10.9. The van der Waals surface area contributed by atoms with Gasteiger partial charge in [0.05, 0.1) is 6.42 Å². The number of nitrogens with zero attached hydrogens (tertiary/aromatic N) is 3. The third-order valence-corrected chi connectivity index (χ3v) is 4.63. The van der Waals surface area contributed by atoms with Gasteiger partial charge in [0.1, 0.15) is 17.3 Å². The number of pyridine rings is 1. The van der Waals surface area contributed by atoms with Gasteiger partial charge in [-0.15, -0.1) is 0 Å². The van der Waals surface area contributed by atoms with Crippen LogP contribution < -0.4 is 16.0 Å². The molecule has 0 spiro atoms. The zero-order chi connectivity index (χ0) is 21.9. The van der Waals surface area contributed by atoms with E-state index < -0.39 is 5.97 Å². The highest BCUT2D eigenvalue weighted by Crippen LogP contribution is 2.20. The summed E-state index contributed by atoms with van der Waals surface area (Å²) in [5.41, 5.74) is 2.99. The first-order chi connectivity index (χ1) is 15.1. The van der Waals surface area contributed by atoms with Gasteiger partial charge in [0, 0.05) is 25.4 Å². The Morgan fingerprint density at radius 2 is 1.74 bits per heavy atom. The van der Waals surface area contributed by atoms with Crippen LogP contribution in [-0.2, 0) is 17.8 Å². The highest BCUT2D eigenvalue weighted by molar-refractivity contribution is 5.67. The number of carboxylic acid groups (broad SMARTS) is 1. The summed E-state index contributed by atoms with van der Waals surface area (Å²) in [5.74, 6) is 0.838. The van der Waals surface area contributed by atoms with Crippen LogP contribution in [0.1, 0.15) is 24.0 Å². The van der Waals surface area contributed by atoms with Crippen LogP contribution in [0.2, 0.25) is 0 Å². The fourth-order valence-electron chi connectivity index (χ4n) is 3.05. The summed E-state index contributed by atoms with van der Waals surface area (Å²) >= 11 is 0. The standard InChI is InChI=1S/C23H28N6O2/c1-24-11-5-8-17-9-12-25-19(14-17)23-28-20(26-13-10-22(30)31)15-21(29-23)27-16-18-6-3-2-4-7-18/h2-4,6-7,9,12,14-15,24H,5,8,10-11,13,16H2,1H3,(H,30,31)(H2,26,27,28,29). The van der Waals surface area contributed by atoms with Gasteiger partial charge in [-0.05, 0) is 49.7 Å². The molecule has 0 fully saturated rings. The Morgan fingerprint density at radius 1 is 0.968 bits per heavy atom. The summed E-state index contributed by atoms with van der Waals surface area (Å²) < 4.78 is 0. The number of aryl methyl sites for hydroxylation is 1. The Balaban J connectivity index is 1.81. The maximum Gasteiger partial charge on any atom is 0.305 e. The summed E-state index contributed by atoms with van der Waals surface area (Å²) in [5, 5.41) is 18.5. The van der Waals surface area contributed by atoms with Crippen LogP contribution in [0.5, 0.6) is 0 Å². The number of benzene rings is 1. The number of hydrogen-bond donors (Lipinski definition) is 4. The van der Waals surface area contributed by atoms with Crippen molar-refractivity contribution in [1.82, 2.24) is 20.3 Å². The van der Waals surface area contributed by atoms with Gasteiger partial charge in [0.2, 0.25) is 0 Å². The topological polar surface area (TPSA) is 112 Å². The normalized spacial score (nSPS) is 10.6. The van der Waals surface area contributed by atoms with Crippen LogP contribution in [0.25, 0.3) is 11.5 Å². The SMILES string of the molecule is CNCCCc1ccnc(-c2nc(NCCC(=O)O)cc(NCc3ccccc3)n2)c1. The van der Waals surface area contributed by atoms with E-state index in [1.54, 1.807) is 12.3 Å². The molecule has 162 valence electrons. The van der Waals surface area contributed by atoms with Crippen LogP contribution in [0.15, 0.2) is 54.7 Å². The number of carbonyl (C=O) groups is 1. The van der Waals surface area contributed by atoms with Crippen LogP contribution in [0.3, 0.4) is 0 Å². The van der Waals surface area contributed by atoms with E-state index in [4.69, 9.17) is 5.11 Å². The van der Waals surface area contributed by atoms with Gasteiger partial charge in [-0.25, -0.2) is 9.97 Å². The third-order valence-electron chi connectivity index (χ3n) is 4.63. The monoisotopic (exact) mass is 420 g/mol. The minimum atomic E-state index is -0.861. The lowest BCUT2D eigenvalue weighted by molar-refractivity contribution is -0.136. The number of rotatable bonds is 12. The van der Waals surface area contributed by atoms with E-state index in [1.165, 1.54) is 5.56 Å². The molecule has 8 nitrogen and oxygen atoms in total. The second-order valence-electron chi connectivity index (χ2n) is 7.13. The van der Waals surface area contributed by atoms with E-state index in [-0.39, 0.29) is 13.0 Å². The van der Waals surface area contributed by atoms with Crippen molar-refractivity contribution < 1.29 is 9.90 Å². The lowest BCUT2D eigenvalue weighted by atomic mass is 10.1. The highest BCUT2D eigenvalue weighted by Gasteiger charge is 2.10. The van der Waals surface area contributed by atoms with Crippen molar-refractivity contribution >= 4 is 17.6 Å². The van der Waals surface area contributed by atoms with Crippen LogP contribution in [0.4, 0.5) is 11.6 Å². The van der Waals surface area contributed by atoms with E-state index in [2.05, 4.69) is 30.9 Å². The Labute approximate surface area is 182 Å². The second-order valence-corrected chi connectivity index (χ2v) is 7.13. The predicted molar refractivity (Wildman–Crippen MR) is 122 cm³/mol. The summed E-state index contributed by atoms with van der Waals surface area (Å²) in [6.07, 6.45) is 3.74. The molecule has 1 aromatic carbocycles. The van der Waals surface area contributed by atoms with Gasteiger partial charge in [0.15, 0.2) is 5.82 Å². The fraction of sp³-hybridized carbons (Fsp3) is 0.304. The molecule has 31 heavy (non-hydrogen) atoms. The molecule has 0 amide bonds. The second kappa shape index (κ2) is 11.6. The van der Waals surface area contributed by atoms with Crippen molar-refractivity contribution in [2.75, 3.05) is 30.8 Å². The molecule has 4 N–H and O–H groups in total. The Hall–Kier alpha value is -3.52. The number of aromatic nitrogens is 3. The first-order valence-corrected chi connectivity index (χ1v) is 10.4. The van der Waals surface area contributed by atoms with Gasteiger partial charge >= 0.3 is 5.97 Å². The van der Waals surface area contributed by atoms with Crippen molar-refractivity contribution in [1.29, 1.82) is 0 Å². The predicted octanol–water partition coefficient (Wildman–Crippen LogP) is 3.19. The third kappa shape index (κ3) is 7.35. The largest absolute Gasteiger partial charge is 0.481 e. The quantitative estimate of drug-likeness (QED) is 0.331. The number of carboxylic acids is 1. The lowest BCUT2D eigenvalue weighted by Crippen LogP contribution is -2.11. The molecular weight excluding hydrogens is 392 g/mol. The van der Waals surface area contributed by atoms with Crippen LogP contribution in [-0.4, -0.2) is 46.2 Å². The van der Waals surface area contributed by atoms with Crippen molar-refractivity contribution in [3.05, 3.63) is 65.9 Å². The summed E-state index contributed by atoms with van der Waals surface area (Å²) in [4.78, 5) is 24.5. The lowest BCUT2D eigenvalue weighted by Gasteiger charge is -2.12. The minimum absolute atomic E-state index is 0.00527. The van der Waals surface area contributed by atoms with E-state index >= 15 is 0 Å². The van der Waals surface area contributed by atoms with Crippen molar-refractivity contribution in [2.24, 2.45) is 0 Å². The molecule has 3 rings (SSSR count). The molecule has 2 aromatic heterocycles. The molecule has 0 aliphatic carbocycles. The number of aliphatic carboxylic acids is 1. The first-order valence-electron chi connectivity index (χ1n) is 10.4. The van der Waals surface area contributed by atoms with Crippen molar-refractivity contribution in [2.45, 2.75) is 25.8 Å². The molecule has 0 saturated carbocycles. The van der Waals surface area contributed by atoms with Gasteiger partial charge in [-0.1, -0.05) is 30.3 Å². The van der Waals surface area contributed by atoms with Gasteiger partial charge < -0.3 is 21.1 Å². The zero-order valence-corrected chi connectivity index (χ0v) is 17.6. The Bertz CT molecular complexity index is 981. The van der Waals surface area contributed by atoms with Crippen LogP contribution in [0, 0.1) is 0 Å². The van der Waals surface area contributed by atoms with Crippen molar-refractivity contribution in [3.63, 3.8) is 0 Å². The van der Waals surface area contributed by atoms with Crippen molar-refractivity contribution in [3.8, 4) is 11.5 Å². The number of anilines is 2. The average molecular weight is 421 g/mol. The fourth-order valence-corrected chi connectivity index (χ4v) is 3.05. The molecule has 0 bridgehead atoms. The molecule has 0 atom stereocenters. The Kier molecular flexibility index (Phi) is 8.30. The number of nitrogens with one attached hydrogen (secondary N) is 3. The Morgan fingerprint density at radius 3 is 2.48 bits per heavy atom. The molecule has 3 aromatic rings. The van der Waals surface area contributed by atoms with E-state index in [1.807, 2.05) is 49.5 Å². The minimum Gasteiger partial charge on any atom is -0.481 e. The van der Waals surface area contributed by atoms with Gasteiger partial charge in [-0.2, -0.15) is 0 Å². The molecule has 0 unspecified atom stereocenters. The smallest absolute Gasteiger partial charge is 0.305 e. The maximum atomic E-state index is 10.9.